The van der Waals surface area contributed by atoms with E-state index in [9.17, 15) is 4.79 Å². The molecule has 1 nitrogen and oxygen atoms in total. The van der Waals surface area contributed by atoms with Gasteiger partial charge in [0.25, 0.3) is 0 Å². The standard InChI is InChI=1S/C15H26OSi2/c1-17(2,3)10-9-15(18(4,5)6)12-13-7-8-14(16)11-13/h12-13H,7-8,11H2,1-6H3/b15-12+. The van der Waals surface area contributed by atoms with Gasteiger partial charge in [0.1, 0.15) is 13.9 Å². The quantitative estimate of drug-likeness (QED) is 0.550. The summed E-state index contributed by atoms with van der Waals surface area (Å²) in [4.78, 5) is 11.4. The van der Waals surface area contributed by atoms with Crippen LogP contribution in [0.1, 0.15) is 19.3 Å². The summed E-state index contributed by atoms with van der Waals surface area (Å²) in [5, 5.41) is 1.35. The van der Waals surface area contributed by atoms with Crippen LogP contribution in [0.5, 0.6) is 0 Å². The Morgan fingerprint density at radius 2 is 1.83 bits per heavy atom. The molecule has 0 heterocycles. The maximum absolute atomic E-state index is 11.4. The first-order valence-corrected chi connectivity index (χ1v) is 13.8. The van der Waals surface area contributed by atoms with Crippen molar-refractivity contribution in [1.82, 2.24) is 0 Å². The summed E-state index contributed by atoms with van der Waals surface area (Å²) in [7, 11) is -2.69. The lowest BCUT2D eigenvalue weighted by Crippen LogP contribution is -2.25. The van der Waals surface area contributed by atoms with Crippen molar-refractivity contribution in [1.29, 1.82) is 0 Å². The van der Waals surface area contributed by atoms with Crippen molar-refractivity contribution in [3.8, 4) is 11.5 Å². The van der Waals surface area contributed by atoms with Crippen molar-refractivity contribution in [2.24, 2.45) is 5.92 Å². The maximum Gasteiger partial charge on any atom is 0.133 e. The number of hydrogen-bond acceptors (Lipinski definition) is 1. The van der Waals surface area contributed by atoms with Gasteiger partial charge in [-0.15, -0.1) is 5.54 Å². The number of carbonyl (C=O) groups excluding carboxylic acids is 1. The molecule has 0 N–H and O–H groups in total. The summed E-state index contributed by atoms with van der Waals surface area (Å²) in [5.74, 6) is 4.34. The Bertz CT molecular complexity index is 410. The van der Waals surface area contributed by atoms with Crippen LogP contribution in [0.2, 0.25) is 39.3 Å². The molecule has 1 rings (SSSR count). The molecule has 0 bridgehead atoms. The summed E-state index contributed by atoms with van der Waals surface area (Å²) < 4.78 is 0. The average molecular weight is 279 g/mol. The maximum atomic E-state index is 11.4. The van der Waals surface area contributed by atoms with Crippen LogP contribution in [-0.4, -0.2) is 21.9 Å². The molecule has 1 aliphatic carbocycles. The Kier molecular flexibility index (Phi) is 4.80. The lowest BCUT2D eigenvalue weighted by atomic mass is 10.1. The molecule has 0 amide bonds. The van der Waals surface area contributed by atoms with Crippen molar-refractivity contribution in [2.75, 3.05) is 0 Å². The lowest BCUT2D eigenvalue weighted by molar-refractivity contribution is -0.117. The number of Topliss-reactive ketones (excluding diaryl/α,β-unsaturated/α-hetero) is 1. The Hall–Kier alpha value is -0.596. The first-order valence-electron chi connectivity index (χ1n) is 6.85. The largest absolute Gasteiger partial charge is 0.300 e. The van der Waals surface area contributed by atoms with Gasteiger partial charge in [-0.3, -0.25) is 4.79 Å². The van der Waals surface area contributed by atoms with E-state index in [0.29, 0.717) is 11.7 Å². The first kappa shape index (κ1) is 15.5. The van der Waals surface area contributed by atoms with Crippen molar-refractivity contribution in [2.45, 2.75) is 58.5 Å². The van der Waals surface area contributed by atoms with Gasteiger partial charge in [-0.1, -0.05) is 51.3 Å². The summed E-state index contributed by atoms with van der Waals surface area (Å²) in [5.41, 5.74) is 3.48. The van der Waals surface area contributed by atoms with Crippen molar-refractivity contribution in [3.05, 3.63) is 11.3 Å². The number of allylic oxidation sites excluding steroid dienone is 2. The van der Waals surface area contributed by atoms with Gasteiger partial charge in [-0.25, -0.2) is 0 Å². The van der Waals surface area contributed by atoms with E-state index in [2.05, 4.69) is 56.8 Å². The highest BCUT2D eigenvalue weighted by molar-refractivity contribution is 6.86. The second-order valence-electron chi connectivity index (χ2n) is 7.37. The second-order valence-corrected chi connectivity index (χ2v) is 17.2. The molecule has 1 atom stereocenters. The van der Waals surface area contributed by atoms with Crippen molar-refractivity contribution < 1.29 is 4.79 Å². The minimum Gasteiger partial charge on any atom is -0.300 e. The topological polar surface area (TPSA) is 17.1 Å². The molecular weight excluding hydrogens is 252 g/mol. The highest BCUT2D eigenvalue weighted by Gasteiger charge is 2.24. The molecular formula is C15H26OSi2. The Balaban J connectivity index is 2.95. The van der Waals surface area contributed by atoms with E-state index in [4.69, 9.17) is 0 Å². The third-order valence-electron chi connectivity index (χ3n) is 3.07. The van der Waals surface area contributed by atoms with Crippen LogP contribution in [-0.2, 0) is 4.79 Å². The molecule has 100 valence electrons. The zero-order valence-electron chi connectivity index (χ0n) is 12.7. The van der Waals surface area contributed by atoms with E-state index in [1.54, 1.807) is 0 Å². The third-order valence-corrected chi connectivity index (χ3v) is 5.85. The monoisotopic (exact) mass is 278 g/mol. The normalized spacial score (nSPS) is 21.8. The van der Waals surface area contributed by atoms with Crippen LogP contribution in [0.3, 0.4) is 0 Å². The predicted octanol–water partition coefficient (Wildman–Crippen LogP) is 4.04. The van der Waals surface area contributed by atoms with Crippen molar-refractivity contribution >= 4 is 21.9 Å². The van der Waals surface area contributed by atoms with E-state index >= 15 is 0 Å². The highest BCUT2D eigenvalue weighted by atomic mass is 28.3. The molecule has 0 aromatic rings. The van der Waals surface area contributed by atoms with Crippen LogP contribution in [0.15, 0.2) is 11.3 Å². The molecule has 0 saturated heterocycles. The second kappa shape index (κ2) is 5.58. The molecule has 1 aliphatic rings. The minimum atomic E-state index is -1.38. The number of rotatable bonds is 2. The molecule has 0 radical (unpaired) electrons. The minimum absolute atomic E-state index is 0.421. The van der Waals surface area contributed by atoms with Gasteiger partial charge in [-0.05, 0) is 17.5 Å². The number of carbonyl (C=O) groups is 1. The predicted molar refractivity (Wildman–Crippen MR) is 84.9 cm³/mol. The molecule has 18 heavy (non-hydrogen) atoms. The zero-order chi connectivity index (χ0) is 14.0. The van der Waals surface area contributed by atoms with Gasteiger partial charge in [0.05, 0.1) is 8.07 Å². The fourth-order valence-corrected chi connectivity index (χ4v) is 3.76. The van der Waals surface area contributed by atoms with Crippen LogP contribution in [0, 0.1) is 17.4 Å². The fourth-order valence-electron chi connectivity index (χ4n) is 1.95. The van der Waals surface area contributed by atoms with Crippen LogP contribution >= 0.6 is 0 Å². The van der Waals surface area contributed by atoms with E-state index in [0.717, 1.165) is 19.3 Å². The van der Waals surface area contributed by atoms with Gasteiger partial charge >= 0.3 is 0 Å². The Morgan fingerprint density at radius 3 is 2.22 bits per heavy atom. The Labute approximate surface area is 114 Å². The molecule has 3 heteroatoms. The average Bonchev–Trinajstić information content (AvgIpc) is 2.55. The molecule has 1 fully saturated rings. The fraction of sp³-hybridized carbons (Fsp3) is 0.667. The summed E-state index contributed by atoms with van der Waals surface area (Å²) in [6.45, 7) is 13.9. The van der Waals surface area contributed by atoms with Crippen LogP contribution in [0.25, 0.3) is 0 Å². The zero-order valence-corrected chi connectivity index (χ0v) is 14.7. The molecule has 0 aromatic heterocycles. The molecule has 0 aliphatic heterocycles. The smallest absolute Gasteiger partial charge is 0.133 e. The van der Waals surface area contributed by atoms with Gasteiger partial charge in [-0.2, -0.15) is 0 Å². The molecule has 0 aromatic carbocycles. The van der Waals surface area contributed by atoms with Crippen LogP contribution in [0.4, 0.5) is 0 Å². The Morgan fingerprint density at radius 1 is 1.22 bits per heavy atom. The van der Waals surface area contributed by atoms with E-state index in [-0.39, 0.29) is 0 Å². The molecule has 0 spiro atoms. The van der Waals surface area contributed by atoms with Crippen molar-refractivity contribution in [3.63, 3.8) is 0 Å². The van der Waals surface area contributed by atoms with E-state index in [1.807, 2.05) is 0 Å². The van der Waals surface area contributed by atoms with E-state index in [1.165, 1.54) is 5.20 Å². The number of ketones is 1. The van der Waals surface area contributed by atoms with Gasteiger partial charge < -0.3 is 0 Å². The lowest BCUT2D eigenvalue weighted by Gasteiger charge is -2.18. The van der Waals surface area contributed by atoms with Crippen LogP contribution < -0.4 is 0 Å². The SMILES string of the molecule is C[Si](C)(C)C#C/C(=C\C1CCC(=O)C1)[Si](C)(C)C. The van der Waals surface area contributed by atoms with Gasteiger partial charge in [0.15, 0.2) is 0 Å². The summed E-state index contributed by atoms with van der Waals surface area (Å²) >= 11 is 0. The molecule has 1 unspecified atom stereocenters. The van der Waals surface area contributed by atoms with Gasteiger partial charge in [0, 0.05) is 12.8 Å². The first-order chi connectivity index (χ1) is 8.08. The third kappa shape index (κ3) is 5.37. The van der Waals surface area contributed by atoms with E-state index < -0.39 is 16.1 Å². The summed E-state index contributed by atoms with van der Waals surface area (Å²) in [6.07, 6.45) is 4.86. The number of hydrogen-bond donors (Lipinski definition) is 0. The summed E-state index contributed by atoms with van der Waals surface area (Å²) in [6, 6.07) is 0. The highest BCUT2D eigenvalue weighted by Crippen LogP contribution is 2.26. The van der Waals surface area contributed by atoms with Gasteiger partial charge in [0.2, 0.25) is 0 Å². The molecule has 1 saturated carbocycles.